The lowest BCUT2D eigenvalue weighted by Gasteiger charge is -2.30. The Morgan fingerprint density at radius 2 is 0.968 bits per heavy atom. The van der Waals surface area contributed by atoms with Crippen LogP contribution < -0.4 is 9.80 Å². The van der Waals surface area contributed by atoms with Crippen molar-refractivity contribution in [1.29, 1.82) is 0 Å². The summed E-state index contributed by atoms with van der Waals surface area (Å²) < 4.78 is 3.84. The van der Waals surface area contributed by atoms with Crippen LogP contribution in [0.5, 0.6) is 0 Å². The second kappa shape index (κ2) is 15.3. The van der Waals surface area contributed by atoms with E-state index in [4.69, 9.17) is 0 Å². The third-order valence-electron chi connectivity index (χ3n) is 12.3. The Labute approximate surface area is 369 Å². The topological polar surface area (TPSA) is 6.48 Å². The summed E-state index contributed by atoms with van der Waals surface area (Å²) in [5, 5.41) is 6.40. The molecule has 2 aromatic heterocycles. The van der Waals surface area contributed by atoms with E-state index in [1.165, 1.54) is 85.1 Å². The Morgan fingerprint density at radius 1 is 0.387 bits per heavy atom. The molecule has 2 heterocycles. The van der Waals surface area contributed by atoms with Gasteiger partial charge >= 0.3 is 0 Å². The van der Waals surface area contributed by atoms with Crippen LogP contribution in [0.2, 0.25) is 0 Å². The summed E-state index contributed by atoms with van der Waals surface area (Å²) in [5.41, 5.74) is 13.1. The Kier molecular flexibility index (Phi) is 9.06. The van der Waals surface area contributed by atoms with Crippen LogP contribution in [-0.2, 0) is 6.42 Å². The summed E-state index contributed by atoms with van der Waals surface area (Å²) in [7, 11) is 0. The van der Waals surface area contributed by atoms with Crippen molar-refractivity contribution in [1.82, 2.24) is 0 Å². The molecule has 2 nitrogen and oxygen atoms in total. The molecular weight excluding hydrogens is 789 g/mol. The maximum atomic E-state index is 2.55. The number of anilines is 6. The molecule has 4 heteroatoms. The smallest absolute Gasteiger partial charge is 0.0642 e. The van der Waals surface area contributed by atoms with Crippen molar-refractivity contribution in [3.05, 3.63) is 223 Å². The third-order valence-corrected chi connectivity index (χ3v) is 14.7. The van der Waals surface area contributed by atoms with E-state index in [-0.39, 0.29) is 0 Å². The highest BCUT2D eigenvalue weighted by atomic mass is 32.1. The Balaban J connectivity index is 1.18. The Morgan fingerprint density at radius 3 is 1.71 bits per heavy atom. The number of hydrogen-bond acceptors (Lipinski definition) is 4. The number of fused-ring (bicyclic) bond motifs is 8. The molecular formula is C58H40N2S2. The zero-order valence-corrected chi connectivity index (χ0v) is 35.5. The first-order valence-corrected chi connectivity index (χ1v) is 22.9. The zero-order chi connectivity index (χ0) is 41.0. The lowest BCUT2D eigenvalue weighted by molar-refractivity contribution is 1.01. The van der Waals surface area contributed by atoms with Crippen molar-refractivity contribution in [3.63, 3.8) is 0 Å². The van der Waals surface area contributed by atoms with Crippen LogP contribution in [0.15, 0.2) is 212 Å². The molecule has 11 aromatic rings. The number of aryl methyl sites for hydroxylation is 1. The van der Waals surface area contributed by atoms with Crippen molar-refractivity contribution in [3.8, 4) is 22.3 Å². The molecule has 0 N–H and O–H groups in total. The molecule has 0 amide bonds. The van der Waals surface area contributed by atoms with Crippen molar-refractivity contribution in [2.45, 2.75) is 12.8 Å². The Bertz CT molecular complexity index is 3470. The summed E-state index contributed by atoms with van der Waals surface area (Å²) in [5.74, 6) is 0. The normalized spacial score (nSPS) is 12.3. The molecule has 0 saturated heterocycles. The number of para-hydroxylation sites is 1. The predicted molar refractivity (Wildman–Crippen MR) is 270 cm³/mol. The van der Waals surface area contributed by atoms with Crippen LogP contribution in [0.3, 0.4) is 0 Å². The Hall–Kier alpha value is -7.24. The van der Waals surface area contributed by atoms with Crippen molar-refractivity contribution < 1.29 is 0 Å². The molecule has 0 bridgehead atoms. The van der Waals surface area contributed by atoms with Gasteiger partial charge in [0.15, 0.2) is 0 Å². The van der Waals surface area contributed by atoms with E-state index in [1.54, 1.807) is 0 Å². The van der Waals surface area contributed by atoms with E-state index < -0.39 is 0 Å². The monoisotopic (exact) mass is 828 g/mol. The molecule has 0 radical (unpaired) electrons. The van der Waals surface area contributed by atoms with Gasteiger partial charge in [0.1, 0.15) is 0 Å². The molecule has 0 spiro atoms. The first kappa shape index (κ1) is 36.6. The summed E-state index contributed by atoms with van der Waals surface area (Å²) in [6.45, 7) is 0. The van der Waals surface area contributed by atoms with Crippen LogP contribution in [0.25, 0.3) is 69.4 Å². The van der Waals surface area contributed by atoms with E-state index >= 15 is 0 Å². The van der Waals surface area contributed by atoms with E-state index in [1.807, 2.05) is 22.7 Å². The van der Waals surface area contributed by atoms with Gasteiger partial charge in [0.2, 0.25) is 0 Å². The fourth-order valence-electron chi connectivity index (χ4n) is 9.46. The average molecular weight is 829 g/mol. The van der Waals surface area contributed by atoms with Gasteiger partial charge in [-0.15, -0.1) is 22.7 Å². The van der Waals surface area contributed by atoms with Gasteiger partial charge in [0, 0.05) is 37.4 Å². The van der Waals surface area contributed by atoms with Gasteiger partial charge < -0.3 is 9.80 Å². The van der Waals surface area contributed by atoms with Gasteiger partial charge in [0.25, 0.3) is 0 Å². The van der Waals surface area contributed by atoms with Gasteiger partial charge in [-0.3, -0.25) is 0 Å². The summed E-state index contributed by atoms with van der Waals surface area (Å²) in [6.07, 6.45) is 6.82. The zero-order valence-electron chi connectivity index (χ0n) is 33.9. The molecule has 0 fully saturated rings. The molecule has 12 rings (SSSR count). The average Bonchev–Trinajstić information content (AvgIpc) is 3.94. The molecule has 0 aliphatic heterocycles. The molecule has 1 aliphatic carbocycles. The summed E-state index contributed by atoms with van der Waals surface area (Å²) in [6, 6.07) is 75.6. The standard InChI is InChI=1S/C58H40N2S2/c1-4-17-39(18-5-1)42-22-14-26-45(37-42)59(44-24-8-3-9-25-44)50-34-35-52(58-56(50)55-47-28-11-10-21-41(47)33-36-54(55)62-58)60(46-27-15-23-43(38-46)40-19-6-2-7-20-40)51-31-16-30-49-48-29-12-13-32-53(48)61-57(49)51/h1-11,13-28,30-38H,12,29H2. The lowest BCUT2D eigenvalue weighted by Crippen LogP contribution is -2.13. The van der Waals surface area contributed by atoms with Crippen LogP contribution in [0.1, 0.15) is 16.9 Å². The van der Waals surface area contributed by atoms with Gasteiger partial charge in [-0.25, -0.2) is 0 Å². The summed E-state index contributed by atoms with van der Waals surface area (Å²) >= 11 is 3.83. The maximum Gasteiger partial charge on any atom is 0.0642 e. The third kappa shape index (κ3) is 6.22. The van der Waals surface area contributed by atoms with Crippen molar-refractivity contribution in [2.75, 3.05) is 9.80 Å². The maximum absolute atomic E-state index is 2.55. The number of hydrogen-bond donors (Lipinski definition) is 0. The van der Waals surface area contributed by atoms with Crippen LogP contribution in [0.4, 0.5) is 34.1 Å². The van der Waals surface area contributed by atoms with Crippen LogP contribution in [-0.4, -0.2) is 0 Å². The first-order chi connectivity index (χ1) is 30.8. The van der Waals surface area contributed by atoms with E-state index in [9.17, 15) is 0 Å². The molecule has 0 unspecified atom stereocenters. The first-order valence-electron chi connectivity index (χ1n) is 21.3. The van der Waals surface area contributed by atoms with Crippen molar-refractivity contribution in [2.24, 2.45) is 0 Å². The summed E-state index contributed by atoms with van der Waals surface area (Å²) in [4.78, 5) is 6.39. The molecule has 9 aromatic carbocycles. The van der Waals surface area contributed by atoms with Crippen molar-refractivity contribution >= 4 is 104 Å². The highest BCUT2D eigenvalue weighted by molar-refractivity contribution is 7.26. The van der Waals surface area contributed by atoms with Crippen LogP contribution in [0, 0.1) is 0 Å². The number of benzene rings is 9. The van der Waals surface area contributed by atoms with Crippen LogP contribution >= 0.6 is 22.7 Å². The highest BCUT2D eigenvalue weighted by Gasteiger charge is 2.27. The SMILES string of the molecule is C1=Cc2sc3c(N(c4cccc(-c5ccccc5)c4)c4ccc(N(c5ccccc5)c5cccc(-c6ccccc6)c5)c5c4sc4ccc6ccccc6c45)cccc3c2CC1. The highest BCUT2D eigenvalue weighted by Crippen LogP contribution is 2.54. The minimum Gasteiger partial charge on any atom is -0.310 e. The van der Waals surface area contributed by atoms with E-state index in [0.717, 1.165) is 35.6 Å². The quantitative estimate of drug-likeness (QED) is 0.151. The minimum absolute atomic E-state index is 1.07. The van der Waals surface area contributed by atoms with E-state index in [0.29, 0.717) is 0 Å². The predicted octanol–water partition coefficient (Wildman–Crippen LogP) is 17.7. The second-order valence-corrected chi connectivity index (χ2v) is 18.1. The molecule has 294 valence electrons. The van der Waals surface area contributed by atoms with Gasteiger partial charge in [-0.1, -0.05) is 152 Å². The largest absolute Gasteiger partial charge is 0.310 e. The second-order valence-electron chi connectivity index (χ2n) is 15.9. The fraction of sp³-hybridized carbons (Fsp3) is 0.0345. The fourth-order valence-corrected chi connectivity index (χ4v) is 12.0. The van der Waals surface area contributed by atoms with Gasteiger partial charge in [-0.05, 0) is 124 Å². The van der Waals surface area contributed by atoms with Gasteiger partial charge in [-0.2, -0.15) is 0 Å². The number of nitrogens with zero attached hydrogens (tertiary/aromatic N) is 2. The number of thiophene rings is 2. The van der Waals surface area contributed by atoms with Gasteiger partial charge in [0.05, 0.1) is 26.5 Å². The number of rotatable bonds is 8. The lowest BCUT2D eigenvalue weighted by atomic mass is 9.99. The molecule has 1 aliphatic rings. The molecule has 0 atom stereocenters. The molecule has 0 saturated carbocycles. The van der Waals surface area contributed by atoms with E-state index in [2.05, 4.69) is 228 Å². The number of allylic oxidation sites excluding steroid dienone is 1. The minimum atomic E-state index is 1.07. The molecule has 62 heavy (non-hydrogen) atoms.